The van der Waals surface area contributed by atoms with E-state index in [1.54, 1.807) is 24.3 Å². The summed E-state index contributed by atoms with van der Waals surface area (Å²) in [4.78, 5) is 11.0. The fraction of sp³-hybridized carbons (Fsp3) is 0.417. The van der Waals surface area contributed by atoms with Crippen molar-refractivity contribution < 1.29 is 19.7 Å². The zero-order valence-corrected chi connectivity index (χ0v) is 10.2. The van der Waals surface area contributed by atoms with Crippen molar-refractivity contribution in [3.63, 3.8) is 0 Å². The van der Waals surface area contributed by atoms with Gasteiger partial charge in [0.2, 0.25) is 0 Å². The molecule has 1 aromatic rings. The number of carbonyl (C=O) groups excluding carboxylic acids is 1. The summed E-state index contributed by atoms with van der Waals surface area (Å²) in [6, 6.07) is 6.96. The Hall–Kier alpha value is -1.10. The van der Waals surface area contributed by atoms with Gasteiger partial charge in [0.05, 0.1) is 19.6 Å². The van der Waals surface area contributed by atoms with Crippen LogP contribution in [0.3, 0.4) is 0 Å². The summed E-state index contributed by atoms with van der Waals surface area (Å²) in [6.07, 6.45) is -2.61. The van der Waals surface area contributed by atoms with E-state index in [9.17, 15) is 15.0 Å². The maximum absolute atomic E-state index is 11.0. The number of ether oxygens (including phenoxy) is 1. The van der Waals surface area contributed by atoms with Gasteiger partial charge in [-0.05, 0) is 11.1 Å². The second kappa shape index (κ2) is 6.59. The van der Waals surface area contributed by atoms with E-state index in [-0.39, 0.29) is 12.3 Å². The molecule has 94 valence electrons. The molecule has 0 saturated carbocycles. The van der Waals surface area contributed by atoms with Gasteiger partial charge in [0, 0.05) is 5.88 Å². The van der Waals surface area contributed by atoms with Crippen molar-refractivity contribution in [1.82, 2.24) is 0 Å². The Morgan fingerprint density at radius 3 is 2.65 bits per heavy atom. The number of halogens is 1. The molecule has 17 heavy (non-hydrogen) atoms. The van der Waals surface area contributed by atoms with Crippen LogP contribution in [0.25, 0.3) is 0 Å². The topological polar surface area (TPSA) is 66.8 Å². The van der Waals surface area contributed by atoms with Crippen molar-refractivity contribution in [3.05, 3.63) is 35.4 Å². The normalized spacial score (nSPS) is 14.1. The Morgan fingerprint density at radius 1 is 1.41 bits per heavy atom. The van der Waals surface area contributed by atoms with Gasteiger partial charge in [0.25, 0.3) is 0 Å². The summed E-state index contributed by atoms with van der Waals surface area (Å²) >= 11 is 5.73. The van der Waals surface area contributed by atoms with E-state index in [1.165, 1.54) is 7.11 Å². The molecule has 0 spiro atoms. The second-order valence-corrected chi connectivity index (χ2v) is 3.89. The number of benzene rings is 1. The van der Waals surface area contributed by atoms with E-state index >= 15 is 0 Å². The summed E-state index contributed by atoms with van der Waals surface area (Å²) in [5.41, 5.74) is 1.25. The lowest BCUT2D eigenvalue weighted by molar-refractivity contribution is -0.144. The van der Waals surface area contributed by atoms with Crippen LogP contribution >= 0.6 is 11.6 Å². The molecule has 0 aromatic heterocycles. The van der Waals surface area contributed by atoms with Gasteiger partial charge < -0.3 is 14.9 Å². The number of aliphatic hydroxyl groups excluding tert-OH is 2. The SMILES string of the molecule is COC(=O)CC(O)C(O)c1ccccc1CCl. The van der Waals surface area contributed by atoms with Crippen LogP contribution in [-0.4, -0.2) is 29.4 Å². The highest BCUT2D eigenvalue weighted by molar-refractivity contribution is 6.17. The highest BCUT2D eigenvalue weighted by Crippen LogP contribution is 2.24. The first kappa shape index (κ1) is 14.0. The van der Waals surface area contributed by atoms with E-state index in [1.807, 2.05) is 0 Å². The number of hydrogen-bond acceptors (Lipinski definition) is 4. The van der Waals surface area contributed by atoms with Crippen LogP contribution in [0.2, 0.25) is 0 Å². The molecule has 0 fully saturated rings. The van der Waals surface area contributed by atoms with Crippen molar-refractivity contribution in [2.45, 2.75) is 24.5 Å². The zero-order valence-electron chi connectivity index (χ0n) is 9.47. The van der Waals surface area contributed by atoms with Crippen LogP contribution in [0.15, 0.2) is 24.3 Å². The minimum Gasteiger partial charge on any atom is -0.469 e. The van der Waals surface area contributed by atoms with Crippen LogP contribution < -0.4 is 0 Å². The lowest BCUT2D eigenvalue weighted by atomic mass is 9.98. The first-order valence-electron chi connectivity index (χ1n) is 5.16. The number of rotatable bonds is 5. The predicted octanol–water partition coefficient (Wildman–Crippen LogP) is 1.38. The predicted molar refractivity (Wildman–Crippen MR) is 63.6 cm³/mol. The summed E-state index contributed by atoms with van der Waals surface area (Å²) in [7, 11) is 1.23. The van der Waals surface area contributed by atoms with Gasteiger partial charge in [0.1, 0.15) is 6.10 Å². The lowest BCUT2D eigenvalue weighted by Crippen LogP contribution is -2.23. The van der Waals surface area contributed by atoms with Gasteiger partial charge in [-0.15, -0.1) is 11.6 Å². The molecular formula is C12H15ClO4. The summed E-state index contributed by atoms with van der Waals surface area (Å²) in [5, 5.41) is 19.6. The van der Waals surface area contributed by atoms with Crippen molar-refractivity contribution in [2.24, 2.45) is 0 Å². The van der Waals surface area contributed by atoms with Crippen LogP contribution in [0.1, 0.15) is 23.7 Å². The largest absolute Gasteiger partial charge is 0.469 e. The molecular weight excluding hydrogens is 244 g/mol. The average Bonchev–Trinajstić information content (AvgIpc) is 2.37. The number of hydrogen-bond donors (Lipinski definition) is 2. The summed E-state index contributed by atoms with van der Waals surface area (Å²) < 4.78 is 4.43. The number of alkyl halides is 1. The zero-order chi connectivity index (χ0) is 12.8. The van der Waals surface area contributed by atoms with Gasteiger partial charge in [-0.3, -0.25) is 4.79 Å². The minimum absolute atomic E-state index is 0.234. The van der Waals surface area contributed by atoms with E-state index in [0.717, 1.165) is 5.56 Å². The Morgan fingerprint density at radius 2 is 2.06 bits per heavy atom. The third-order valence-electron chi connectivity index (χ3n) is 2.49. The molecule has 0 saturated heterocycles. The maximum atomic E-state index is 11.0. The van der Waals surface area contributed by atoms with Crippen molar-refractivity contribution in [3.8, 4) is 0 Å². The van der Waals surface area contributed by atoms with Crippen LogP contribution in [0.5, 0.6) is 0 Å². The summed E-state index contributed by atoms with van der Waals surface area (Å²) in [6.45, 7) is 0. The highest BCUT2D eigenvalue weighted by Gasteiger charge is 2.23. The number of carbonyl (C=O) groups is 1. The van der Waals surface area contributed by atoms with Crippen LogP contribution in [-0.2, 0) is 15.4 Å². The number of methoxy groups -OCH3 is 1. The highest BCUT2D eigenvalue weighted by atomic mass is 35.5. The molecule has 0 bridgehead atoms. The molecule has 0 aliphatic heterocycles. The fourth-order valence-corrected chi connectivity index (χ4v) is 1.76. The van der Waals surface area contributed by atoms with E-state index in [2.05, 4.69) is 4.74 Å². The molecule has 0 aliphatic carbocycles. The van der Waals surface area contributed by atoms with E-state index < -0.39 is 18.2 Å². The molecule has 2 atom stereocenters. The molecule has 2 unspecified atom stereocenters. The molecule has 0 aliphatic rings. The number of aliphatic hydroxyl groups is 2. The number of esters is 1. The molecule has 1 rings (SSSR count). The molecule has 5 heteroatoms. The van der Waals surface area contributed by atoms with Gasteiger partial charge in [0.15, 0.2) is 0 Å². The van der Waals surface area contributed by atoms with Crippen molar-refractivity contribution in [1.29, 1.82) is 0 Å². The molecule has 0 heterocycles. The van der Waals surface area contributed by atoms with Crippen LogP contribution in [0.4, 0.5) is 0 Å². The Bertz CT molecular complexity index is 381. The lowest BCUT2D eigenvalue weighted by Gasteiger charge is -2.19. The first-order valence-corrected chi connectivity index (χ1v) is 5.70. The second-order valence-electron chi connectivity index (χ2n) is 3.62. The van der Waals surface area contributed by atoms with Gasteiger partial charge >= 0.3 is 5.97 Å². The van der Waals surface area contributed by atoms with Gasteiger partial charge in [-0.25, -0.2) is 0 Å². The minimum atomic E-state index is -1.20. The first-order chi connectivity index (χ1) is 8.10. The monoisotopic (exact) mass is 258 g/mol. The molecule has 2 N–H and O–H groups in total. The fourth-order valence-electron chi connectivity index (χ4n) is 1.52. The van der Waals surface area contributed by atoms with Crippen molar-refractivity contribution in [2.75, 3.05) is 7.11 Å². The Labute approximate surface area is 105 Å². The molecule has 0 radical (unpaired) electrons. The van der Waals surface area contributed by atoms with Gasteiger partial charge in [-0.1, -0.05) is 24.3 Å². The molecule has 0 amide bonds. The molecule has 1 aromatic carbocycles. The third-order valence-corrected chi connectivity index (χ3v) is 2.77. The van der Waals surface area contributed by atoms with Gasteiger partial charge in [-0.2, -0.15) is 0 Å². The average molecular weight is 259 g/mol. The van der Waals surface area contributed by atoms with E-state index in [0.29, 0.717) is 5.56 Å². The smallest absolute Gasteiger partial charge is 0.308 e. The van der Waals surface area contributed by atoms with Crippen molar-refractivity contribution >= 4 is 17.6 Å². The third kappa shape index (κ3) is 3.70. The Kier molecular flexibility index (Phi) is 5.41. The summed E-state index contributed by atoms with van der Waals surface area (Å²) in [5.74, 6) is -0.335. The quantitative estimate of drug-likeness (QED) is 0.619. The maximum Gasteiger partial charge on any atom is 0.308 e. The Balaban J connectivity index is 2.80. The van der Waals surface area contributed by atoms with E-state index in [4.69, 9.17) is 11.6 Å². The standard InChI is InChI=1S/C12H15ClO4/c1-17-11(15)6-10(14)12(16)9-5-3-2-4-8(9)7-13/h2-5,10,12,14,16H,6-7H2,1H3. The molecule has 4 nitrogen and oxygen atoms in total. The van der Waals surface area contributed by atoms with Crippen LogP contribution in [0, 0.1) is 0 Å².